The summed E-state index contributed by atoms with van der Waals surface area (Å²) >= 11 is 0. The first-order valence-corrected chi connectivity index (χ1v) is 21.6. The van der Waals surface area contributed by atoms with Gasteiger partial charge in [-0.25, -0.2) is 15.0 Å². The number of piperidine rings is 1. The zero-order valence-corrected chi connectivity index (χ0v) is 34.3. The minimum Gasteiger partial charge on any atom is -0.384 e. The van der Waals surface area contributed by atoms with E-state index < -0.39 is 29.7 Å². The molecule has 2 aromatic carbocycles. The number of nitrogens with two attached hydrogens (primary N) is 1. The summed E-state index contributed by atoms with van der Waals surface area (Å²) in [6.07, 6.45) is 17.9. The van der Waals surface area contributed by atoms with Crippen LogP contribution >= 0.6 is 0 Å². The highest BCUT2D eigenvalue weighted by molar-refractivity contribution is 6.25. The van der Waals surface area contributed by atoms with Crippen LogP contribution in [0.2, 0.25) is 0 Å². The lowest BCUT2D eigenvalue weighted by atomic mass is 10.0. The average molecular weight is 825 g/mol. The van der Waals surface area contributed by atoms with Gasteiger partial charge in [0, 0.05) is 48.4 Å². The highest BCUT2D eigenvalue weighted by Crippen LogP contribution is 2.37. The van der Waals surface area contributed by atoms with Gasteiger partial charge in [-0.15, -0.1) is 0 Å². The summed E-state index contributed by atoms with van der Waals surface area (Å²) in [5, 5.41) is 8.42. The number of unbranched alkanes of at least 4 members (excludes halogenated alkanes) is 8. The number of hydrogen-bond acceptors (Lipinski definition) is 11. The van der Waals surface area contributed by atoms with Crippen molar-refractivity contribution in [1.82, 2.24) is 34.5 Å². The normalized spacial score (nSPS) is 17.9. The molecule has 0 aliphatic carbocycles. The number of amides is 5. The maximum absolute atomic E-state index is 13.3. The van der Waals surface area contributed by atoms with E-state index in [-0.39, 0.29) is 30.4 Å². The predicted molar refractivity (Wildman–Crippen MR) is 232 cm³/mol. The predicted octanol–water partition coefficient (Wildman–Crippen LogP) is 6.79. The molecule has 3 aliphatic rings. The third kappa shape index (κ3) is 9.02. The van der Waals surface area contributed by atoms with E-state index >= 15 is 0 Å². The molecule has 0 bridgehead atoms. The molecule has 15 nitrogen and oxygen atoms in total. The Balaban J connectivity index is 0.753. The zero-order valence-electron chi connectivity index (χ0n) is 34.3. The Morgan fingerprint density at radius 2 is 1.57 bits per heavy atom. The Morgan fingerprint density at radius 1 is 0.803 bits per heavy atom. The minimum absolute atomic E-state index is 0.0923. The summed E-state index contributed by atoms with van der Waals surface area (Å²) < 4.78 is 2.09. The molecular formula is C46H52N10O5. The molecule has 61 heavy (non-hydrogen) atoms. The van der Waals surface area contributed by atoms with Crippen molar-refractivity contribution >= 4 is 52.4 Å². The van der Waals surface area contributed by atoms with Gasteiger partial charge in [-0.2, -0.15) is 0 Å². The highest BCUT2D eigenvalue weighted by Gasteiger charge is 2.45. The Kier molecular flexibility index (Phi) is 12.7. The van der Waals surface area contributed by atoms with Gasteiger partial charge in [0.1, 0.15) is 34.7 Å². The molecule has 316 valence electrons. The van der Waals surface area contributed by atoms with Crippen molar-refractivity contribution < 1.29 is 24.0 Å². The number of carbonyl (C=O) groups is 5. The quantitative estimate of drug-likeness (QED) is 0.0537. The molecule has 15 heteroatoms. The molecule has 6 heterocycles. The minimum atomic E-state index is -0.975. The number of nitrogen functional groups attached to an aromatic ring is 1. The summed E-state index contributed by atoms with van der Waals surface area (Å²) in [7, 11) is 0. The van der Waals surface area contributed by atoms with E-state index in [9.17, 15) is 24.0 Å². The number of rotatable bonds is 18. The first-order valence-electron chi connectivity index (χ1n) is 21.6. The summed E-state index contributed by atoms with van der Waals surface area (Å²) in [4.78, 5) is 80.7. The molecule has 5 N–H and O–H groups in total. The fourth-order valence-electron chi connectivity index (χ4n) is 8.88. The second-order valence-corrected chi connectivity index (χ2v) is 16.1. The molecule has 2 atom stereocenters. The summed E-state index contributed by atoms with van der Waals surface area (Å²) in [6, 6.07) is 17.1. The monoisotopic (exact) mass is 824 g/mol. The Bertz CT molecular complexity index is 2420. The summed E-state index contributed by atoms with van der Waals surface area (Å²) in [6.45, 7) is 2.73. The third-order valence-corrected chi connectivity index (χ3v) is 12.0. The van der Waals surface area contributed by atoms with Crippen molar-refractivity contribution in [2.75, 3.05) is 36.0 Å². The van der Waals surface area contributed by atoms with Gasteiger partial charge in [0.2, 0.25) is 11.8 Å². The summed E-state index contributed by atoms with van der Waals surface area (Å²) in [5.41, 5.74) is 10.6. The number of imidazole rings is 1. The van der Waals surface area contributed by atoms with Gasteiger partial charge < -0.3 is 16.4 Å². The number of imide groups is 2. The largest absolute Gasteiger partial charge is 0.384 e. The SMILES string of the molecule is Nc1nccn2c([C@@H]3CCCN3CCCCCCCCCCCNc3cccc4c3C(=O)N(C3CCC(=O)NC3=O)C4=O)nc(-c3ccc(C(=O)Nc4ccccn4)cc3)c12. The molecule has 1 unspecified atom stereocenters. The first kappa shape index (κ1) is 41.3. The van der Waals surface area contributed by atoms with Crippen LogP contribution < -0.4 is 21.7 Å². The second-order valence-electron chi connectivity index (χ2n) is 16.1. The van der Waals surface area contributed by atoms with E-state index in [1.165, 1.54) is 32.1 Å². The molecule has 8 rings (SSSR count). The molecule has 5 amide bonds. The van der Waals surface area contributed by atoms with Crippen LogP contribution in [-0.4, -0.2) is 84.4 Å². The lowest BCUT2D eigenvalue weighted by molar-refractivity contribution is -0.136. The van der Waals surface area contributed by atoms with Crippen molar-refractivity contribution in [3.05, 3.63) is 102 Å². The van der Waals surface area contributed by atoms with Gasteiger partial charge in [-0.05, 0) is 81.6 Å². The molecule has 2 saturated heterocycles. The fraction of sp³-hybridized carbons (Fsp3) is 0.391. The number of anilines is 3. The van der Waals surface area contributed by atoms with Crippen LogP contribution in [0.25, 0.3) is 16.8 Å². The Morgan fingerprint density at radius 3 is 2.33 bits per heavy atom. The number of pyridine rings is 1. The van der Waals surface area contributed by atoms with Crippen LogP contribution in [0.15, 0.2) is 79.3 Å². The van der Waals surface area contributed by atoms with Crippen molar-refractivity contribution in [1.29, 1.82) is 0 Å². The number of nitrogens with zero attached hydrogens (tertiary/aromatic N) is 6. The molecule has 3 aliphatic heterocycles. The van der Waals surface area contributed by atoms with Crippen LogP contribution in [0, 0.1) is 0 Å². The van der Waals surface area contributed by atoms with Gasteiger partial charge in [0.15, 0.2) is 0 Å². The van der Waals surface area contributed by atoms with E-state index in [1.54, 1.807) is 54.9 Å². The lowest BCUT2D eigenvalue weighted by Gasteiger charge is -2.27. The van der Waals surface area contributed by atoms with Crippen molar-refractivity contribution in [3.8, 4) is 11.3 Å². The highest BCUT2D eigenvalue weighted by atomic mass is 16.2. The van der Waals surface area contributed by atoms with Crippen LogP contribution in [0.3, 0.4) is 0 Å². The summed E-state index contributed by atoms with van der Waals surface area (Å²) in [5.74, 6) is -0.336. The van der Waals surface area contributed by atoms with E-state index in [0.717, 1.165) is 79.1 Å². The number of aromatic nitrogens is 4. The average Bonchev–Trinajstić information content (AvgIpc) is 3.96. The van der Waals surface area contributed by atoms with Gasteiger partial charge >= 0.3 is 0 Å². The fourth-order valence-corrected chi connectivity index (χ4v) is 8.88. The molecule has 0 spiro atoms. The number of hydrogen-bond donors (Lipinski definition) is 4. The van der Waals surface area contributed by atoms with Crippen LogP contribution in [0.4, 0.5) is 17.3 Å². The standard InChI is InChI=1S/C46H52N10O5/c47-41-40-39(30-18-20-31(21-19-30)43(58)51-36-17-8-10-25-49-36)53-42(55(40)29-26-50-41)34-16-13-28-54(34)27-11-7-5-3-1-2-4-6-9-24-48-33-15-12-14-32-38(33)46(61)56(45(32)60)35-22-23-37(57)52-44(35)59/h8,10,12,14-15,17-21,25-26,29,34-35,48H,1-7,9,11,13,16,22-24,27-28H2,(H2,47,50)(H,49,51,58)(H,52,57,59)/t34-,35?/m0/s1. The van der Waals surface area contributed by atoms with E-state index in [2.05, 4.69) is 35.2 Å². The van der Waals surface area contributed by atoms with Gasteiger partial charge in [-0.1, -0.05) is 69.2 Å². The van der Waals surface area contributed by atoms with Crippen LogP contribution in [-0.2, 0) is 9.59 Å². The maximum Gasteiger partial charge on any atom is 0.264 e. The number of likely N-dealkylation sites (tertiary alicyclic amines) is 1. The van der Waals surface area contributed by atoms with E-state index in [1.807, 2.05) is 24.4 Å². The smallest absolute Gasteiger partial charge is 0.264 e. The number of nitrogens with one attached hydrogen (secondary N) is 3. The molecular weight excluding hydrogens is 773 g/mol. The maximum atomic E-state index is 13.3. The van der Waals surface area contributed by atoms with E-state index in [4.69, 9.17) is 10.7 Å². The van der Waals surface area contributed by atoms with Crippen molar-refractivity contribution in [2.24, 2.45) is 0 Å². The van der Waals surface area contributed by atoms with Gasteiger partial charge in [-0.3, -0.25) is 43.5 Å². The second kappa shape index (κ2) is 18.8. The van der Waals surface area contributed by atoms with Gasteiger partial charge in [0.25, 0.3) is 17.7 Å². The molecule has 0 radical (unpaired) electrons. The van der Waals surface area contributed by atoms with Crippen LogP contribution in [0.1, 0.15) is 126 Å². The van der Waals surface area contributed by atoms with Crippen molar-refractivity contribution in [3.63, 3.8) is 0 Å². The number of carbonyl (C=O) groups excluding carboxylic acids is 5. The molecule has 3 aromatic heterocycles. The molecule has 5 aromatic rings. The Labute approximate surface area is 354 Å². The van der Waals surface area contributed by atoms with Crippen LogP contribution in [0.5, 0.6) is 0 Å². The van der Waals surface area contributed by atoms with Crippen molar-refractivity contribution in [2.45, 2.75) is 95.6 Å². The molecule has 0 saturated carbocycles. The topological polar surface area (TPSA) is 197 Å². The number of fused-ring (bicyclic) bond motifs is 2. The molecule has 2 fully saturated rings. The first-order chi connectivity index (χ1) is 29.8. The Hall–Kier alpha value is -6.48. The zero-order chi connectivity index (χ0) is 42.3. The van der Waals surface area contributed by atoms with E-state index in [0.29, 0.717) is 35.0 Å². The lowest BCUT2D eigenvalue weighted by Crippen LogP contribution is -2.54. The number of benzene rings is 2. The van der Waals surface area contributed by atoms with Gasteiger partial charge in [0.05, 0.1) is 17.2 Å². The third-order valence-electron chi connectivity index (χ3n) is 12.0.